The van der Waals surface area contributed by atoms with E-state index in [2.05, 4.69) is 22.3 Å². The number of unbranched alkanes of at least 4 members (excludes halogenated alkanes) is 2. The van der Waals surface area contributed by atoms with Gasteiger partial charge in [0.15, 0.2) is 5.82 Å². The zero-order valence-corrected chi connectivity index (χ0v) is 14.8. The number of anilines is 1. The number of amides is 1. The predicted octanol–water partition coefficient (Wildman–Crippen LogP) is 4.09. The molecular formula is C20H22N4O2. The lowest BCUT2D eigenvalue weighted by Crippen LogP contribution is -2.14. The minimum absolute atomic E-state index is 0.205. The van der Waals surface area contributed by atoms with Gasteiger partial charge in [-0.1, -0.05) is 19.8 Å². The Labute approximate surface area is 152 Å². The molecule has 0 saturated heterocycles. The van der Waals surface area contributed by atoms with E-state index in [1.165, 1.54) is 0 Å². The van der Waals surface area contributed by atoms with Crippen LogP contribution in [-0.4, -0.2) is 27.3 Å². The van der Waals surface area contributed by atoms with Gasteiger partial charge in [-0.05, 0) is 48.9 Å². The second-order valence-electron chi connectivity index (χ2n) is 5.86. The van der Waals surface area contributed by atoms with Crippen LogP contribution in [0.4, 0.5) is 5.69 Å². The van der Waals surface area contributed by atoms with Gasteiger partial charge in [0.2, 0.25) is 0 Å². The lowest BCUT2D eigenvalue weighted by atomic mass is 10.2. The van der Waals surface area contributed by atoms with Crippen LogP contribution < -0.4 is 10.1 Å². The Morgan fingerprint density at radius 1 is 1.12 bits per heavy atom. The standard InChI is InChI=1S/C20H22N4O2/c1-2-3-4-15-26-17-10-8-16(9-11-17)20(25)23-18-7-5-12-21-19(18)24-14-6-13-22-24/h5-14H,2-4,15H2,1H3,(H,23,25). The Morgan fingerprint density at radius 2 is 1.96 bits per heavy atom. The van der Waals surface area contributed by atoms with Gasteiger partial charge in [0.05, 0.1) is 12.3 Å². The summed E-state index contributed by atoms with van der Waals surface area (Å²) in [4.78, 5) is 16.8. The molecule has 1 N–H and O–H groups in total. The van der Waals surface area contributed by atoms with Crippen LogP contribution in [0.25, 0.3) is 5.82 Å². The van der Waals surface area contributed by atoms with E-state index in [1.54, 1.807) is 53.6 Å². The minimum atomic E-state index is -0.205. The van der Waals surface area contributed by atoms with Crippen molar-refractivity contribution in [3.05, 3.63) is 66.6 Å². The monoisotopic (exact) mass is 350 g/mol. The maximum Gasteiger partial charge on any atom is 0.255 e. The summed E-state index contributed by atoms with van der Waals surface area (Å²) in [5, 5.41) is 7.06. The molecule has 6 heteroatoms. The lowest BCUT2D eigenvalue weighted by molar-refractivity contribution is 0.102. The number of hydrogen-bond donors (Lipinski definition) is 1. The van der Waals surface area contributed by atoms with E-state index < -0.39 is 0 Å². The lowest BCUT2D eigenvalue weighted by Gasteiger charge is -2.10. The molecule has 0 aliphatic carbocycles. The molecule has 0 bridgehead atoms. The average Bonchev–Trinajstić information content (AvgIpc) is 3.21. The molecule has 26 heavy (non-hydrogen) atoms. The largest absolute Gasteiger partial charge is 0.494 e. The van der Waals surface area contributed by atoms with E-state index in [4.69, 9.17) is 4.74 Å². The molecule has 0 fully saturated rings. The average molecular weight is 350 g/mol. The molecule has 0 spiro atoms. The number of nitrogens with zero attached hydrogens (tertiary/aromatic N) is 3. The number of ether oxygens (including phenoxy) is 1. The Balaban J connectivity index is 1.66. The number of aromatic nitrogens is 3. The third-order valence-electron chi connectivity index (χ3n) is 3.89. The van der Waals surface area contributed by atoms with E-state index in [9.17, 15) is 4.79 Å². The number of rotatable bonds is 8. The molecule has 2 heterocycles. The van der Waals surface area contributed by atoms with Gasteiger partial charge in [-0.3, -0.25) is 4.79 Å². The molecule has 3 aromatic rings. The van der Waals surface area contributed by atoms with Crippen molar-refractivity contribution in [2.45, 2.75) is 26.2 Å². The van der Waals surface area contributed by atoms with Crippen molar-refractivity contribution in [2.24, 2.45) is 0 Å². The number of carbonyl (C=O) groups excluding carboxylic acids is 1. The van der Waals surface area contributed by atoms with Crippen LogP contribution in [0.2, 0.25) is 0 Å². The van der Waals surface area contributed by atoms with Crippen LogP contribution in [0.15, 0.2) is 61.1 Å². The Hall–Kier alpha value is -3.15. The molecule has 0 radical (unpaired) electrons. The molecule has 3 rings (SSSR count). The van der Waals surface area contributed by atoms with Gasteiger partial charge in [0.25, 0.3) is 5.91 Å². The molecular weight excluding hydrogens is 328 g/mol. The van der Waals surface area contributed by atoms with Gasteiger partial charge in [0.1, 0.15) is 5.75 Å². The second-order valence-corrected chi connectivity index (χ2v) is 5.86. The van der Waals surface area contributed by atoms with Gasteiger partial charge >= 0.3 is 0 Å². The third kappa shape index (κ3) is 4.47. The number of pyridine rings is 1. The summed E-state index contributed by atoms with van der Waals surface area (Å²) in [5.41, 5.74) is 1.15. The highest BCUT2D eigenvalue weighted by molar-refractivity contribution is 6.05. The zero-order chi connectivity index (χ0) is 18.2. The number of carbonyl (C=O) groups is 1. The van der Waals surface area contributed by atoms with Crippen LogP contribution >= 0.6 is 0 Å². The smallest absolute Gasteiger partial charge is 0.255 e. The summed E-state index contributed by atoms with van der Waals surface area (Å²) < 4.78 is 7.29. The van der Waals surface area contributed by atoms with Crippen molar-refractivity contribution in [3.8, 4) is 11.6 Å². The highest BCUT2D eigenvalue weighted by Crippen LogP contribution is 2.18. The topological polar surface area (TPSA) is 69.0 Å². The van der Waals surface area contributed by atoms with Crippen LogP contribution in [0, 0.1) is 0 Å². The number of nitrogens with one attached hydrogen (secondary N) is 1. The summed E-state index contributed by atoms with van der Waals surface area (Å²) in [6, 6.07) is 12.5. The fourth-order valence-electron chi connectivity index (χ4n) is 2.51. The van der Waals surface area contributed by atoms with E-state index in [1.807, 2.05) is 12.1 Å². The first-order chi connectivity index (χ1) is 12.8. The minimum Gasteiger partial charge on any atom is -0.494 e. The molecule has 6 nitrogen and oxygen atoms in total. The molecule has 1 amide bonds. The van der Waals surface area contributed by atoms with E-state index in [0.717, 1.165) is 25.0 Å². The maximum atomic E-state index is 12.5. The SMILES string of the molecule is CCCCCOc1ccc(C(=O)Nc2cccnc2-n2cccn2)cc1. The highest BCUT2D eigenvalue weighted by atomic mass is 16.5. The summed E-state index contributed by atoms with van der Waals surface area (Å²) in [7, 11) is 0. The molecule has 0 aliphatic heterocycles. The van der Waals surface area contributed by atoms with Crippen LogP contribution in [-0.2, 0) is 0 Å². The van der Waals surface area contributed by atoms with Crippen molar-refractivity contribution in [2.75, 3.05) is 11.9 Å². The molecule has 0 unspecified atom stereocenters. The Morgan fingerprint density at radius 3 is 2.69 bits per heavy atom. The summed E-state index contributed by atoms with van der Waals surface area (Å²) >= 11 is 0. The second kappa shape index (κ2) is 8.80. The van der Waals surface area contributed by atoms with E-state index in [0.29, 0.717) is 23.7 Å². The van der Waals surface area contributed by atoms with Crippen LogP contribution in [0.1, 0.15) is 36.5 Å². The van der Waals surface area contributed by atoms with Gasteiger partial charge in [-0.2, -0.15) is 5.10 Å². The quantitative estimate of drug-likeness (QED) is 0.621. The van der Waals surface area contributed by atoms with Gasteiger partial charge in [-0.25, -0.2) is 9.67 Å². The summed E-state index contributed by atoms with van der Waals surface area (Å²) in [6.45, 7) is 2.86. The third-order valence-corrected chi connectivity index (χ3v) is 3.89. The molecule has 0 saturated carbocycles. The van der Waals surface area contributed by atoms with Crippen molar-refractivity contribution >= 4 is 11.6 Å². The van der Waals surface area contributed by atoms with Crippen molar-refractivity contribution in [1.29, 1.82) is 0 Å². The van der Waals surface area contributed by atoms with Crippen LogP contribution in [0.3, 0.4) is 0 Å². The first kappa shape index (κ1) is 17.7. The molecule has 1 aromatic carbocycles. The highest BCUT2D eigenvalue weighted by Gasteiger charge is 2.11. The van der Waals surface area contributed by atoms with Crippen LogP contribution in [0.5, 0.6) is 5.75 Å². The Kier molecular flexibility index (Phi) is 5.98. The molecule has 134 valence electrons. The maximum absolute atomic E-state index is 12.5. The molecule has 0 aliphatic rings. The number of hydrogen-bond acceptors (Lipinski definition) is 4. The zero-order valence-electron chi connectivity index (χ0n) is 14.8. The summed E-state index contributed by atoms with van der Waals surface area (Å²) in [5.74, 6) is 1.14. The van der Waals surface area contributed by atoms with Crippen molar-refractivity contribution in [3.63, 3.8) is 0 Å². The van der Waals surface area contributed by atoms with Gasteiger partial charge < -0.3 is 10.1 Å². The summed E-state index contributed by atoms with van der Waals surface area (Å²) in [6.07, 6.45) is 8.47. The first-order valence-corrected chi connectivity index (χ1v) is 8.77. The normalized spacial score (nSPS) is 10.5. The fraction of sp³-hybridized carbons (Fsp3) is 0.250. The molecule has 2 aromatic heterocycles. The van der Waals surface area contributed by atoms with Crippen molar-refractivity contribution < 1.29 is 9.53 Å². The van der Waals surface area contributed by atoms with Gasteiger partial charge in [0, 0.05) is 24.2 Å². The first-order valence-electron chi connectivity index (χ1n) is 8.77. The number of benzene rings is 1. The van der Waals surface area contributed by atoms with E-state index in [-0.39, 0.29) is 5.91 Å². The predicted molar refractivity (Wildman–Crippen MR) is 101 cm³/mol. The fourth-order valence-corrected chi connectivity index (χ4v) is 2.51. The van der Waals surface area contributed by atoms with Gasteiger partial charge in [-0.15, -0.1) is 0 Å². The van der Waals surface area contributed by atoms with E-state index >= 15 is 0 Å². The molecule has 0 atom stereocenters. The Bertz CT molecular complexity index is 829. The van der Waals surface area contributed by atoms with Crippen molar-refractivity contribution in [1.82, 2.24) is 14.8 Å².